The lowest BCUT2D eigenvalue weighted by molar-refractivity contribution is -0.180. The number of carbonyl (C=O) groups excluding carboxylic acids is 1. The lowest BCUT2D eigenvalue weighted by atomic mass is 9.89. The number of hydrogen-bond donors (Lipinski definition) is 4. The molecule has 21 heavy (non-hydrogen) atoms. The fourth-order valence-corrected chi connectivity index (χ4v) is 2.53. The number of hydrogen-bond acceptors (Lipinski definition) is 5. The first kappa shape index (κ1) is 17.9. The standard InChI is InChI=1S/C14H25NO6/c1-7(8(2)16)12-11(15-9(3)17)10(18)5-6-14(4,21-12)13(19)20/h7-8,10-12,16,18H,5-6H2,1-4H3,(H,15,17)(H,19,20). The van der Waals surface area contributed by atoms with E-state index < -0.39 is 41.8 Å². The second kappa shape index (κ2) is 6.72. The van der Waals surface area contributed by atoms with Gasteiger partial charge in [-0.25, -0.2) is 4.79 Å². The van der Waals surface area contributed by atoms with E-state index in [1.165, 1.54) is 13.8 Å². The van der Waals surface area contributed by atoms with Gasteiger partial charge in [0.05, 0.1) is 24.4 Å². The average molecular weight is 303 g/mol. The summed E-state index contributed by atoms with van der Waals surface area (Å²) in [5.41, 5.74) is -1.46. The monoisotopic (exact) mass is 303 g/mol. The van der Waals surface area contributed by atoms with E-state index in [-0.39, 0.29) is 18.7 Å². The fourth-order valence-electron chi connectivity index (χ4n) is 2.53. The molecule has 0 saturated carbocycles. The highest BCUT2D eigenvalue weighted by Gasteiger charge is 2.47. The Labute approximate surface area is 124 Å². The van der Waals surface area contributed by atoms with Crippen molar-refractivity contribution in [2.75, 3.05) is 0 Å². The van der Waals surface area contributed by atoms with Crippen LogP contribution in [-0.2, 0) is 14.3 Å². The molecule has 6 atom stereocenters. The van der Waals surface area contributed by atoms with Crippen LogP contribution >= 0.6 is 0 Å². The van der Waals surface area contributed by atoms with E-state index in [0.29, 0.717) is 0 Å². The highest BCUT2D eigenvalue weighted by molar-refractivity contribution is 5.77. The maximum absolute atomic E-state index is 11.4. The van der Waals surface area contributed by atoms with Gasteiger partial charge in [0.25, 0.3) is 0 Å². The van der Waals surface area contributed by atoms with Gasteiger partial charge in [-0.15, -0.1) is 0 Å². The Kier molecular flexibility index (Phi) is 5.72. The van der Waals surface area contributed by atoms with E-state index in [0.717, 1.165) is 0 Å². The van der Waals surface area contributed by atoms with Gasteiger partial charge in [-0.3, -0.25) is 4.79 Å². The van der Waals surface area contributed by atoms with Crippen LogP contribution in [-0.4, -0.2) is 57.2 Å². The highest BCUT2D eigenvalue weighted by atomic mass is 16.5. The third-order valence-corrected chi connectivity index (χ3v) is 4.18. The van der Waals surface area contributed by atoms with E-state index in [2.05, 4.69) is 5.32 Å². The predicted octanol–water partition coefficient (Wildman–Crippen LogP) is -0.109. The topological polar surface area (TPSA) is 116 Å². The van der Waals surface area contributed by atoms with Crippen molar-refractivity contribution in [2.24, 2.45) is 5.92 Å². The number of aliphatic carboxylic acids is 1. The van der Waals surface area contributed by atoms with Crippen LogP contribution in [0.15, 0.2) is 0 Å². The number of carboxylic acids is 1. The zero-order chi connectivity index (χ0) is 16.4. The minimum Gasteiger partial charge on any atom is -0.479 e. The summed E-state index contributed by atoms with van der Waals surface area (Å²) in [6.45, 7) is 6.02. The molecule has 1 fully saturated rings. The Morgan fingerprint density at radius 1 is 1.38 bits per heavy atom. The number of aliphatic hydroxyl groups excluding tert-OH is 2. The Balaban J connectivity index is 3.14. The van der Waals surface area contributed by atoms with Crippen molar-refractivity contribution in [3.63, 3.8) is 0 Å². The molecule has 7 heteroatoms. The number of carboxylic acid groups (broad SMARTS) is 1. The van der Waals surface area contributed by atoms with Gasteiger partial charge in [-0.2, -0.15) is 0 Å². The van der Waals surface area contributed by atoms with E-state index in [1.807, 2.05) is 0 Å². The molecular weight excluding hydrogens is 278 g/mol. The van der Waals surface area contributed by atoms with Crippen LogP contribution in [0.25, 0.3) is 0 Å². The molecule has 1 amide bonds. The Bertz CT molecular complexity index is 399. The second-order valence-corrected chi connectivity index (χ2v) is 6.05. The summed E-state index contributed by atoms with van der Waals surface area (Å²) in [6, 6.07) is -0.756. The average Bonchev–Trinajstić information content (AvgIpc) is 2.49. The molecule has 0 bridgehead atoms. The molecule has 7 nitrogen and oxygen atoms in total. The van der Waals surface area contributed by atoms with Crippen molar-refractivity contribution in [1.29, 1.82) is 0 Å². The summed E-state index contributed by atoms with van der Waals surface area (Å²) in [6.07, 6.45) is -2.18. The quantitative estimate of drug-likeness (QED) is 0.576. The Hall–Kier alpha value is -1.18. The first-order valence-corrected chi connectivity index (χ1v) is 7.13. The summed E-state index contributed by atoms with van der Waals surface area (Å²) in [5, 5.41) is 32.0. The van der Waals surface area contributed by atoms with E-state index in [1.54, 1.807) is 13.8 Å². The molecule has 1 rings (SSSR count). The number of carbonyl (C=O) groups is 2. The van der Waals surface area contributed by atoms with E-state index in [9.17, 15) is 24.9 Å². The second-order valence-electron chi connectivity index (χ2n) is 6.05. The van der Waals surface area contributed by atoms with Crippen LogP contribution < -0.4 is 5.32 Å². The molecule has 0 aromatic heterocycles. The minimum atomic E-state index is -1.46. The molecule has 1 saturated heterocycles. The SMILES string of the molecule is CC(=O)NC1C(O)CCC(C)(C(=O)O)OC1C(C)C(C)O. The molecule has 0 radical (unpaired) electrons. The third-order valence-electron chi connectivity index (χ3n) is 4.18. The van der Waals surface area contributed by atoms with Gasteiger partial charge >= 0.3 is 5.97 Å². The summed E-state index contributed by atoms with van der Waals surface area (Å²) in [5.74, 6) is -1.92. The minimum absolute atomic E-state index is 0.128. The Morgan fingerprint density at radius 3 is 2.38 bits per heavy atom. The first-order chi connectivity index (χ1) is 9.58. The Morgan fingerprint density at radius 2 is 1.95 bits per heavy atom. The predicted molar refractivity (Wildman–Crippen MR) is 74.6 cm³/mol. The van der Waals surface area contributed by atoms with Crippen LogP contribution in [0.3, 0.4) is 0 Å². The normalized spacial score (nSPS) is 36.4. The molecule has 1 aliphatic heterocycles. The largest absolute Gasteiger partial charge is 0.479 e. The van der Waals surface area contributed by atoms with Crippen LogP contribution in [0, 0.1) is 5.92 Å². The van der Waals surface area contributed by atoms with Gasteiger partial charge in [-0.1, -0.05) is 6.92 Å². The third kappa shape index (κ3) is 4.15. The lowest BCUT2D eigenvalue weighted by Crippen LogP contribution is -2.55. The van der Waals surface area contributed by atoms with Gasteiger partial charge in [-0.05, 0) is 26.7 Å². The van der Waals surface area contributed by atoms with Gasteiger partial charge in [0.2, 0.25) is 5.91 Å². The maximum Gasteiger partial charge on any atom is 0.335 e. The fraction of sp³-hybridized carbons (Fsp3) is 0.857. The van der Waals surface area contributed by atoms with Crippen LogP contribution in [0.1, 0.15) is 40.5 Å². The summed E-state index contributed by atoms with van der Waals surface area (Å²) in [7, 11) is 0. The van der Waals surface area contributed by atoms with Gasteiger partial charge in [0.1, 0.15) is 0 Å². The lowest BCUT2D eigenvalue weighted by Gasteiger charge is -2.37. The van der Waals surface area contributed by atoms with Crippen LogP contribution in [0.5, 0.6) is 0 Å². The van der Waals surface area contributed by atoms with Gasteiger partial charge < -0.3 is 25.4 Å². The summed E-state index contributed by atoms with van der Waals surface area (Å²) < 4.78 is 5.73. The zero-order valence-corrected chi connectivity index (χ0v) is 12.9. The molecule has 0 aromatic carbocycles. The van der Waals surface area contributed by atoms with Crippen LogP contribution in [0.2, 0.25) is 0 Å². The van der Waals surface area contributed by atoms with Crippen molar-refractivity contribution in [1.82, 2.24) is 5.32 Å². The summed E-state index contributed by atoms with van der Waals surface area (Å²) >= 11 is 0. The number of nitrogens with one attached hydrogen (secondary N) is 1. The molecule has 6 unspecified atom stereocenters. The van der Waals surface area contributed by atoms with Crippen LogP contribution in [0.4, 0.5) is 0 Å². The molecule has 1 aliphatic rings. The number of amides is 1. The van der Waals surface area contributed by atoms with Crippen molar-refractivity contribution < 1.29 is 29.6 Å². The van der Waals surface area contributed by atoms with Crippen molar-refractivity contribution in [2.45, 2.75) is 70.5 Å². The molecule has 0 aromatic rings. The molecule has 122 valence electrons. The van der Waals surface area contributed by atoms with Gasteiger partial charge in [0.15, 0.2) is 5.60 Å². The zero-order valence-electron chi connectivity index (χ0n) is 12.9. The molecule has 0 spiro atoms. The smallest absolute Gasteiger partial charge is 0.335 e. The molecule has 4 N–H and O–H groups in total. The first-order valence-electron chi connectivity index (χ1n) is 7.13. The van der Waals surface area contributed by atoms with E-state index >= 15 is 0 Å². The van der Waals surface area contributed by atoms with Crippen molar-refractivity contribution in [3.05, 3.63) is 0 Å². The van der Waals surface area contributed by atoms with Gasteiger partial charge in [0, 0.05) is 12.8 Å². The molecular formula is C14H25NO6. The van der Waals surface area contributed by atoms with Crippen molar-refractivity contribution in [3.8, 4) is 0 Å². The molecule has 0 aliphatic carbocycles. The molecule has 1 heterocycles. The highest BCUT2D eigenvalue weighted by Crippen LogP contribution is 2.32. The summed E-state index contributed by atoms with van der Waals surface area (Å²) in [4.78, 5) is 22.8. The maximum atomic E-state index is 11.4. The van der Waals surface area contributed by atoms with E-state index in [4.69, 9.17) is 4.74 Å². The number of ether oxygens (including phenoxy) is 1. The van der Waals surface area contributed by atoms with Crippen molar-refractivity contribution >= 4 is 11.9 Å². The number of rotatable bonds is 4. The number of aliphatic hydroxyl groups is 2.